The van der Waals surface area contributed by atoms with Gasteiger partial charge in [-0.3, -0.25) is 4.72 Å². The molecule has 0 aliphatic heterocycles. The maximum atomic E-state index is 12.2. The van der Waals surface area contributed by atoms with Crippen LogP contribution in [0.2, 0.25) is 5.02 Å². The molecule has 0 fully saturated rings. The third-order valence-electron chi connectivity index (χ3n) is 2.61. The van der Waals surface area contributed by atoms with Crippen molar-refractivity contribution in [1.82, 2.24) is 9.78 Å². The fraction of sp³-hybridized carbons (Fsp3) is 0.182. The first-order valence-corrected chi connectivity index (χ1v) is 7.25. The van der Waals surface area contributed by atoms with Gasteiger partial charge >= 0.3 is 0 Å². The number of halogens is 1. The summed E-state index contributed by atoms with van der Waals surface area (Å²) in [5.41, 5.74) is 6.64. The number of hydrogen-bond donors (Lipinski definition) is 2. The molecular weight excluding hydrogens is 288 g/mol. The maximum Gasteiger partial charge on any atom is 0.263 e. The molecule has 0 aliphatic rings. The maximum absolute atomic E-state index is 12.2. The largest absolute Gasteiger partial charge is 0.394 e. The van der Waals surface area contributed by atoms with Gasteiger partial charge < -0.3 is 5.73 Å². The molecule has 1 heterocycles. The Balaban J connectivity index is 2.42. The Hall–Kier alpha value is -1.73. The van der Waals surface area contributed by atoms with Gasteiger partial charge in [0.25, 0.3) is 10.0 Å². The van der Waals surface area contributed by atoms with Crippen LogP contribution in [0.15, 0.2) is 29.2 Å². The number of rotatable bonds is 3. The highest BCUT2D eigenvalue weighted by Gasteiger charge is 2.19. The van der Waals surface area contributed by atoms with Crippen LogP contribution >= 0.6 is 11.6 Å². The fourth-order valence-electron chi connectivity index (χ4n) is 1.62. The number of nitrogens with zero attached hydrogens (tertiary/aromatic N) is 2. The predicted molar refractivity (Wildman–Crippen MR) is 74.6 cm³/mol. The minimum atomic E-state index is -3.74. The Labute approximate surface area is 116 Å². The van der Waals surface area contributed by atoms with E-state index >= 15 is 0 Å². The number of aromatic nitrogens is 2. The van der Waals surface area contributed by atoms with Gasteiger partial charge in [-0.2, -0.15) is 5.10 Å². The topological polar surface area (TPSA) is 90.0 Å². The van der Waals surface area contributed by atoms with Gasteiger partial charge in [0.2, 0.25) is 0 Å². The van der Waals surface area contributed by atoms with Gasteiger partial charge in [0.1, 0.15) is 0 Å². The molecular formula is C11H13ClN4O2S. The van der Waals surface area contributed by atoms with E-state index < -0.39 is 10.0 Å². The molecule has 19 heavy (non-hydrogen) atoms. The number of nitrogens with one attached hydrogen (secondary N) is 1. The second kappa shape index (κ2) is 4.75. The number of nitrogens with two attached hydrogens (primary N) is 1. The molecule has 0 bridgehead atoms. The second-order valence-electron chi connectivity index (χ2n) is 4.03. The smallest absolute Gasteiger partial charge is 0.263 e. The van der Waals surface area contributed by atoms with E-state index in [0.717, 1.165) is 0 Å². The van der Waals surface area contributed by atoms with Gasteiger partial charge in [-0.1, -0.05) is 17.7 Å². The summed E-state index contributed by atoms with van der Waals surface area (Å²) in [5, 5.41) is 4.39. The lowest BCUT2D eigenvalue weighted by molar-refractivity contribution is 0.600. The first-order valence-electron chi connectivity index (χ1n) is 5.39. The van der Waals surface area contributed by atoms with E-state index in [1.165, 1.54) is 16.8 Å². The fourth-order valence-corrected chi connectivity index (χ4v) is 3.03. The first kappa shape index (κ1) is 13.7. The van der Waals surface area contributed by atoms with Gasteiger partial charge in [0.05, 0.1) is 16.3 Å². The molecule has 0 radical (unpaired) electrons. The normalized spacial score (nSPS) is 11.5. The Morgan fingerprint density at radius 3 is 2.63 bits per heavy atom. The molecule has 1 aromatic heterocycles. The highest BCUT2D eigenvalue weighted by Crippen LogP contribution is 2.25. The van der Waals surface area contributed by atoms with Crippen molar-refractivity contribution in [2.75, 3.05) is 10.5 Å². The highest BCUT2D eigenvalue weighted by atomic mass is 35.5. The first-order chi connectivity index (χ1) is 8.81. The van der Waals surface area contributed by atoms with Crippen LogP contribution in [0.5, 0.6) is 0 Å². The average Bonchev–Trinajstić information content (AvgIpc) is 2.56. The zero-order valence-electron chi connectivity index (χ0n) is 10.4. The van der Waals surface area contributed by atoms with Crippen LogP contribution in [-0.4, -0.2) is 18.2 Å². The number of nitrogen functional groups attached to an aromatic ring is 1. The molecule has 2 aromatic rings. The van der Waals surface area contributed by atoms with Crippen molar-refractivity contribution in [3.63, 3.8) is 0 Å². The number of aryl methyl sites for hydroxylation is 2. The van der Waals surface area contributed by atoms with Crippen molar-refractivity contribution < 1.29 is 8.42 Å². The standard InChI is InChI=1S/C11H13ClN4O2S/c1-7-10(13)11(16(2)14-7)15-19(17,18)9-5-3-4-8(12)6-9/h3-6,15H,13H2,1-2H3. The average molecular weight is 301 g/mol. The number of anilines is 2. The van der Waals surface area contributed by atoms with Crippen molar-refractivity contribution >= 4 is 33.1 Å². The monoisotopic (exact) mass is 300 g/mol. The third-order valence-corrected chi connectivity index (χ3v) is 4.18. The molecule has 3 N–H and O–H groups in total. The molecule has 0 spiro atoms. The lowest BCUT2D eigenvalue weighted by Gasteiger charge is -2.09. The van der Waals surface area contributed by atoms with Crippen LogP contribution in [0.3, 0.4) is 0 Å². The SMILES string of the molecule is Cc1nn(C)c(NS(=O)(=O)c2cccc(Cl)c2)c1N. The Morgan fingerprint density at radius 2 is 2.11 bits per heavy atom. The Kier molecular flexibility index (Phi) is 3.42. The number of benzene rings is 1. The van der Waals surface area contributed by atoms with Gasteiger partial charge in [0, 0.05) is 12.1 Å². The summed E-state index contributed by atoms with van der Waals surface area (Å²) in [6.07, 6.45) is 0. The second-order valence-corrected chi connectivity index (χ2v) is 6.15. The van der Waals surface area contributed by atoms with Crippen molar-refractivity contribution in [2.24, 2.45) is 7.05 Å². The van der Waals surface area contributed by atoms with E-state index in [2.05, 4.69) is 9.82 Å². The Bertz CT molecular complexity index is 724. The summed E-state index contributed by atoms with van der Waals surface area (Å²) in [6, 6.07) is 5.98. The van der Waals surface area contributed by atoms with E-state index in [0.29, 0.717) is 16.4 Å². The molecule has 0 saturated carbocycles. The van der Waals surface area contributed by atoms with Crippen molar-refractivity contribution in [3.05, 3.63) is 35.0 Å². The van der Waals surface area contributed by atoms with Crippen molar-refractivity contribution in [2.45, 2.75) is 11.8 Å². The molecule has 102 valence electrons. The number of sulfonamides is 1. The summed E-state index contributed by atoms with van der Waals surface area (Å²) in [5.74, 6) is 0.234. The summed E-state index contributed by atoms with van der Waals surface area (Å²) in [4.78, 5) is 0.0678. The summed E-state index contributed by atoms with van der Waals surface area (Å²) in [6.45, 7) is 1.70. The van der Waals surface area contributed by atoms with Gasteiger partial charge in [-0.15, -0.1) is 0 Å². The highest BCUT2D eigenvalue weighted by molar-refractivity contribution is 7.92. The van der Waals surface area contributed by atoms with Crippen LogP contribution in [0, 0.1) is 6.92 Å². The van der Waals surface area contributed by atoms with E-state index in [9.17, 15) is 8.42 Å². The molecule has 0 unspecified atom stereocenters. The van der Waals surface area contributed by atoms with Crippen LogP contribution in [0.25, 0.3) is 0 Å². The van der Waals surface area contributed by atoms with Crippen LogP contribution in [0.1, 0.15) is 5.69 Å². The Morgan fingerprint density at radius 1 is 1.42 bits per heavy atom. The molecule has 0 aliphatic carbocycles. The molecule has 0 saturated heterocycles. The van der Waals surface area contributed by atoms with Crippen LogP contribution < -0.4 is 10.5 Å². The molecule has 1 aromatic carbocycles. The van der Waals surface area contributed by atoms with Gasteiger partial charge in [0.15, 0.2) is 5.82 Å². The zero-order chi connectivity index (χ0) is 14.2. The van der Waals surface area contributed by atoms with Gasteiger partial charge in [-0.25, -0.2) is 13.1 Å². The number of hydrogen-bond acceptors (Lipinski definition) is 4. The third kappa shape index (κ3) is 2.66. The lowest BCUT2D eigenvalue weighted by atomic mass is 10.4. The molecule has 0 atom stereocenters. The molecule has 6 nitrogen and oxygen atoms in total. The minimum absolute atomic E-state index is 0.0678. The predicted octanol–water partition coefficient (Wildman–Crippen LogP) is 1.76. The molecule has 2 rings (SSSR count). The summed E-state index contributed by atoms with van der Waals surface area (Å²) >= 11 is 5.79. The van der Waals surface area contributed by atoms with Crippen molar-refractivity contribution in [1.29, 1.82) is 0 Å². The molecule has 8 heteroatoms. The quantitative estimate of drug-likeness (QED) is 0.904. The van der Waals surface area contributed by atoms with Crippen LogP contribution in [0.4, 0.5) is 11.5 Å². The molecule has 0 amide bonds. The van der Waals surface area contributed by atoms with Gasteiger partial charge in [-0.05, 0) is 25.1 Å². The summed E-state index contributed by atoms with van der Waals surface area (Å²) < 4.78 is 28.2. The zero-order valence-corrected chi connectivity index (χ0v) is 12.0. The minimum Gasteiger partial charge on any atom is -0.394 e. The van der Waals surface area contributed by atoms with Crippen molar-refractivity contribution in [3.8, 4) is 0 Å². The van der Waals surface area contributed by atoms with Crippen LogP contribution in [-0.2, 0) is 17.1 Å². The van der Waals surface area contributed by atoms with E-state index in [1.807, 2.05) is 0 Å². The lowest BCUT2D eigenvalue weighted by Crippen LogP contribution is -2.16. The van der Waals surface area contributed by atoms with E-state index in [1.54, 1.807) is 26.1 Å². The van der Waals surface area contributed by atoms with E-state index in [4.69, 9.17) is 17.3 Å². The van der Waals surface area contributed by atoms with E-state index in [-0.39, 0.29) is 10.7 Å². The summed E-state index contributed by atoms with van der Waals surface area (Å²) in [7, 11) is -2.13.